The van der Waals surface area contributed by atoms with Gasteiger partial charge in [0, 0.05) is 18.9 Å². The van der Waals surface area contributed by atoms with E-state index in [9.17, 15) is 4.79 Å². The predicted molar refractivity (Wildman–Crippen MR) is 60.6 cm³/mol. The van der Waals surface area contributed by atoms with E-state index in [0.29, 0.717) is 24.7 Å². The van der Waals surface area contributed by atoms with E-state index >= 15 is 0 Å². The van der Waals surface area contributed by atoms with Gasteiger partial charge in [-0.05, 0) is 38.1 Å². The summed E-state index contributed by atoms with van der Waals surface area (Å²) in [6.07, 6.45) is 4.76. The first-order chi connectivity index (χ1) is 7.24. The van der Waals surface area contributed by atoms with Gasteiger partial charge in [0.05, 0.1) is 6.61 Å². The lowest BCUT2D eigenvalue weighted by atomic mass is 9.91. The fourth-order valence-corrected chi connectivity index (χ4v) is 2.02. The summed E-state index contributed by atoms with van der Waals surface area (Å²) in [5.41, 5.74) is 5.47. The molecular formula is C12H23NO2. The summed E-state index contributed by atoms with van der Waals surface area (Å²) in [5.74, 6) is 1.13. The van der Waals surface area contributed by atoms with Crippen LogP contribution in [0.25, 0.3) is 0 Å². The minimum Gasteiger partial charge on any atom is -0.381 e. The quantitative estimate of drug-likeness (QED) is 0.731. The van der Waals surface area contributed by atoms with Crippen molar-refractivity contribution in [1.82, 2.24) is 0 Å². The minimum absolute atomic E-state index is 0.170. The summed E-state index contributed by atoms with van der Waals surface area (Å²) < 4.78 is 5.32. The molecule has 3 heteroatoms. The lowest BCUT2D eigenvalue weighted by Crippen LogP contribution is -2.25. The molecule has 0 aromatic rings. The van der Waals surface area contributed by atoms with Gasteiger partial charge in [-0.2, -0.15) is 0 Å². The first-order valence-electron chi connectivity index (χ1n) is 6.04. The van der Waals surface area contributed by atoms with Gasteiger partial charge in [0.2, 0.25) is 0 Å². The van der Waals surface area contributed by atoms with Crippen LogP contribution in [0.5, 0.6) is 0 Å². The van der Waals surface area contributed by atoms with Gasteiger partial charge in [-0.15, -0.1) is 0 Å². The van der Waals surface area contributed by atoms with Crippen LogP contribution in [0.4, 0.5) is 0 Å². The van der Waals surface area contributed by atoms with Crippen molar-refractivity contribution in [3.8, 4) is 0 Å². The maximum atomic E-state index is 11.8. The molecule has 1 rings (SSSR count). The molecule has 0 aliphatic carbocycles. The zero-order chi connectivity index (χ0) is 11.1. The second-order valence-corrected chi connectivity index (χ2v) is 4.60. The number of ether oxygens (including phenoxy) is 1. The van der Waals surface area contributed by atoms with E-state index in [-0.39, 0.29) is 5.92 Å². The van der Waals surface area contributed by atoms with Gasteiger partial charge in [-0.3, -0.25) is 4.79 Å². The zero-order valence-corrected chi connectivity index (χ0v) is 9.71. The van der Waals surface area contributed by atoms with Gasteiger partial charge in [-0.1, -0.05) is 6.92 Å². The molecule has 1 heterocycles. The van der Waals surface area contributed by atoms with Crippen molar-refractivity contribution in [2.24, 2.45) is 17.6 Å². The number of Topliss-reactive ketones (excluding diaryl/α,β-unsaturated/α-hetero) is 1. The summed E-state index contributed by atoms with van der Waals surface area (Å²) in [6.45, 7) is 4.36. The number of nitrogens with two attached hydrogens (primary N) is 1. The molecule has 1 aliphatic heterocycles. The molecule has 0 spiro atoms. The molecule has 0 aromatic carbocycles. The van der Waals surface area contributed by atoms with Crippen LogP contribution in [0.2, 0.25) is 0 Å². The fraction of sp³-hybridized carbons (Fsp3) is 0.917. The Labute approximate surface area is 92.4 Å². The van der Waals surface area contributed by atoms with Gasteiger partial charge in [-0.25, -0.2) is 0 Å². The maximum absolute atomic E-state index is 11.8. The molecule has 1 saturated heterocycles. The van der Waals surface area contributed by atoms with Crippen LogP contribution >= 0.6 is 0 Å². The SMILES string of the molecule is CC(CCN)CCC(=O)C1CCCOC1. The molecule has 0 aromatic heterocycles. The van der Waals surface area contributed by atoms with E-state index < -0.39 is 0 Å². The van der Waals surface area contributed by atoms with Gasteiger partial charge in [0.25, 0.3) is 0 Å². The normalized spacial score (nSPS) is 23.7. The largest absolute Gasteiger partial charge is 0.381 e. The summed E-state index contributed by atoms with van der Waals surface area (Å²) in [5, 5.41) is 0. The zero-order valence-electron chi connectivity index (χ0n) is 9.71. The summed E-state index contributed by atoms with van der Waals surface area (Å²) in [6, 6.07) is 0. The van der Waals surface area contributed by atoms with Crippen LogP contribution in [0.1, 0.15) is 39.0 Å². The minimum atomic E-state index is 0.170. The molecule has 2 unspecified atom stereocenters. The van der Waals surface area contributed by atoms with E-state index in [2.05, 4.69) is 6.92 Å². The average Bonchev–Trinajstić information content (AvgIpc) is 2.27. The molecule has 88 valence electrons. The molecule has 2 atom stereocenters. The Kier molecular flexibility index (Phi) is 5.88. The Bertz CT molecular complexity index is 188. The Balaban J connectivity index is 2.16. The van der Waals surface area contributed by atoms with Crippen LogP contribution in [-0.4, -0.2) is 25.5 Å². The molecule has 0 saturated carbocycles. The van der Waals surface area contributed by atoms with E-state index in [4.69, 9.17) is 10.5 Å². The number of hydrogen-bond donors (Lipinski definition) is 1. The number of carbonyl (C=O) groups is 1. The van der Waals surface area contributed by atoms with Gasteiger partial charge < -0.3 is 10.5 Å². The number of rotatable bonds is 6. The van der Waals surface area contributed by atoms with Crippen LogP contribution in [0.3, 0.4) is 0 Å². The third-order valence-electron chi connectivity index (χ3n) is 3.16. The highest BCUT2D eigenvalue weighted by Crippen LogP contribution is 2.19. The molecule has 1 fully saturated rings. The van der Waals surface area contributed by atoms with Crippen molar-refractivity contribution in [2.45, 2.75) is 39.0 Å². The molecule has 0 radical (unpaired) electrons. The van der Waals surface area contributed by atoms with E-state index in [0.717, 1.165) is 38.8 Å². The number of carbonyl (C=O) groups excluding carboxylic acids is 1. The van der Waals surface area contributed by atoms with Crippen molar-refractivity contribution in [3.63, 3.8) is 0 Å². The maximum Gasteiger partial charge on any atom is 0.138 e. The summed E-state index contributed by atoms with van der Waals surface area (Å²) in [4.78, 5) is 11.8. The number of ketones is 1. The number of hydrogen-bond acceptors (Lipinski definition) is 3. The highest BCUT2D eigenvalue weighted by molar-refractivity contribution is 5.81. The summed E-state index contributed by atoms with van der Waals surface area (Å²) in [7, 11) is 0. The van der Waals surface area contributed by atoms with Crippen molar-refractivity contribution >= 4 is 5.78 Å². The molecule has 2 N–H and O–H groups in total. The van der Waals surface area contributed by atoms with Crippen LogP contribution in [-0.2, 0) is 9.53 Å². The Morgan fingerprint density at radius 2 is 2.33 bits per heavy atom. The molecule has 0 bridgehead atoms. The van der Waals surface area contributed by atoms with Crippen molar-refractivity contribution in [3.05, 3.63) is 0 Å². The smallest absolute Gasteiger partial charge is 0.138 e. The Hall–Kier alpha value is -0.410. The molecular weight excluding hydrogens is 190 g/mol. The van der Waals surface area contributed by atoms with Gasteiger partial charge in [0.1, 0.15) is 5.78 Å². The van der Waals surface area contributed by atoms with Crippen LogP contribution in [0, 0.1) is 11.8 Å². The first-order valence-corrected chi connectivity index (χ1v) is 6.04. The highest BCUT2D eigenvalue weighted by Gasteiger charge is 2.21. The summed E-state index contributed by atoms with van der Waals surface area (Å²) >= 11 is 0. The van der Waals surface area contributed by atoms with Crippen molar-refractivity contribution in [2.75, 3.05) is 19.8 Å². The van der Waals surface area contributed by atoms with E-state index in [1.54, 1.807) is 0 Å². The standard InChI is InChI=1S/C12H23NO2/c1-10(6-7-13)4-5-12(14)11-3-2-8-15-9-11/h10-11H,2-9,13H2,1H3. The lowest BCUT2D eigenvalue weighted by Gasteiger charge is -2.21. The molecule has 0 amide bonds. The second kappa shape index (κ2) is 6.96. The second-order valence-electron chi connectivity index (χ2n) is 4.60. The highest BCUT2D eigenvalue weighted by atomic mass is 16.5. The van der Waals surface area contributed by atoms with Crippen molar-refractivity contribution < 1.29 is 9.53 Å². The topological polar surface area (TPSA) is 52.3 Å². The fourth-order valence-electron chi connectivity index (χ4n) is 2.02. The van der Waals surface area contributed by atoms with Gasteiger partial charge >= 0.3 is 0 Å². The Morgan fingerprint density at radius 3 is 2.93 bits per heavy atom. The lowest BCUT2D eigenvalue weighted by molar-refractivity contribution is -0.127. The first kappa shape index (κ1) is 12.7. The predicted octanol–water partition coefficient (Wildman–Crippen LogP) is 1.75. The Morgan fingerprint density at radius 1 is 1.53 bits per heavy atom. The van der Waals surface area contributed by atoms with Crippen LogP contribution < -0.4 is 5.73 Å². The monoisotopic (exact) mass is 213 g/mol. The van der Waals surface area contributed by atoms with E-state index in [1.807, 2.05) is 0 Å². The molecule has 1 aliphatic rings. The molecule has 15 heavy (non-hydrogen) atoms. The average molecular weight is 213 g/mol. The third-order valence-corrected chi connectivity index (χ3v) is 3.16. The third kappa shape index (κ3) is 4.76. The molecule has 3 nitrogen and oxygen atoms in total. The van der Waals surface area contributed by atoms with E-state index in [1.165, 1.54) is 0 Å². The van der Waals surface area contributed by atoms with Crippen molar-refractivity contribution in [1.29, 1.82) is 0 Å². The van der Waals surface area contributed by atoms with Crippen LogP contribution in [0.15, 0.2) is 0 Å². The van der Waals surface area contributed by atoms with Gasteiger partial charge in [0.15, 0.2) is 0 Å².